The summed E-state index contributed by atoms with van der Waals surface area (Å²) in [6.07, 6.45) is -1.94. The molecule has 37 heavy (non-hydrogen) atoms. The van der Waals surface area contributed by atoms with Gasteiger partial charge in [-0.25, -0.2) is 26.1 Å². The van der Waals surface area contributed by atoms with Crippen LogP contribution in [0.15, 0.2) is 24.3 Å². The number of sulfonamides is 2. The topological polar surface area (TPSA) is 117 Å². The van der Waals surface area contributed by atoms with E-state index in [0.29, 0.717) is 18.2 Å². The van der Waals surface area contributed by atoms with Crippen molar-refractivity contribution < 1.29 is 39.9 Å². The monoisotopic (exact) mass is 583 g/mol. The Hall–Kier alpha value is -1.78. The van der Waals surface area contributed by atoms with E-state index in [1.165, 1.54) is 15.6 Å². The van der Waals surface area contributed by atoms with Crippen molar-refractivity contribution in [3.8, 4) is 5.19 Å². The van der Waals surface area contributed by atoms with Gasteiger partial charge in [-0.2, -0.15) is 17.5 Å². The first-order chi connectivity index (χ1) is 17.4. The molecule has 1 fully saturated rings. The number of halogens is 3. The zero-order valence-electron chi connectivity index (χ0n) is 19.9. The molecule has 2 aliphatic rings. The highest BCUT2D eigenvalue weighted by atomic mass is 32.2. The van der Waals surface area contributed by atoms with Crippen molar-refractivity contribution in [2.24, 2.45) is 0 Å². The molecule has 206 valence electrons. The zero-order chi connectivity index (χ0) is 26.8. The smallest absolute Gasteiger partial charge is 0.404 e. The molecule has 15 heteroatoms. The van der Waals surface area contributed by atoms with Crippen molar-refractivity contribution >= 4 is 47.2 Å². The highest BCUT2D eigenvalue weighted by molar-refractivity contribution is 7.89. The second-order valence-corrected chi connectivity index (χ2v) is 14.0. The molecule has 0 atom stereocenters. The molecule has 0 spiro atoms. The Morgan fingerprint density at radius 2 is 1.81 bits per heavy atom. The number of ether oxygens (including phenoxy) is 1. The molecule has 0 radical (unpaired) electrons. The van der Waals surface area contributed by atoms with Crippen LogP contribution in [-0.2, 0) is 20.0 Å². The molecule has 1 aromatic heterocycles. The molecule has 0 unspecified atom stereocenters. The fourth-order valence-corrected chi connectivity index (χ4v) is 8.07. The van der Waals surface area contributed by atoms with Crippen LogP contribution < -0.4 is 4.74 Å². The molecule has 1 saturated heterocycles. The van der Waals surface area contributed by atoms with Gasteiger partial charge in [-0.3, -0.25) is 0 Å². The van der Waals surface area contributed by atoms with Crippen LogP contribution in [-0.4, -0.2) is 92.1 Å². The van der Waals surface area contributed by atoms with E-state index in [4.69, 9.17) is 9.84 Å². The molecular formula is C22H28F3N3O6S3. The maximum absolute atomic E-state index is 12.5. The number of nitrogens with zero attached hydrogens (tertiary/aromatic N) is 3. The fourth-order valence-electron chi connectivity index (χ4n) is 4.36. The molecule has 0 aliphatic carbocycles. The van der Waals surface area contributed by atoms with E-state index in [0.717, 1.165) is 25.7 Å². The lowest BCUT2D eigenvalue weighted by Crippen LogP contribution is -2.44. The predicted molar refractivity (Wildman–Crippen MR) is 134 cm³/mol. The Bertz CT molecular complexity index is 1350. The third kappa shape index (κ3) is 7.20. The van der Waals surface area contributed by atoms with Crippen molar-refractivity contribution in [1.29, 1.82) is 0 Å². The van der Waals surface area contributed by atoms with Crippen molar-refractivity contribution in [1.82, 2.24) is 13.6 Å². The number of aliphatic hydroxyl groups excluding tert-OH is 1. The summed E-state index contributed by atoms with van der Waals surface area (Å²) in [7, 11) is -7.80. The average molecular weight is 584 g/mol. The highest BCUT2D eigenvalue weighted by Gasteiger charge is 2.39. The maximum Gasteiger partial charge on any atom is 0.404 e. The molecule has 9 nitrogen and oxygen atoms in total. The normalized spacial score (nSPS) is 19.3. The fraction of sp³-hybridized carbons (Fsp3) is 0.591. The van der Waals surface area contributed by atoms with Crippen LogP contribution in [0.3, 0.4) is 0 Å². The summed E-state index contributed by atoms with van der Waals surface area (Å²) >= 11 is 1.33. The van der Waals surface area contributed by atoms with E-state index in [1.807, 2.05) is 24.3 Å². The van der Waals surface area contributed by atoms with Crippen LogP contribution in [0.1, 0.15) is 31.2 Å². The van der Waals surface area contributed by atoms with E-state index in [-0.39, 0.29) is 57.4 Å². The molecule has 2 aromatic rings. The van der Waals surface area contributed by atoms with E-state index in [9.17, 15) is 30.0 Å². The maximum atomic E-state index is 12.5. The second-order valence-electron chi connectivity index (χ2n) is 8.98. The minimum absolute atomic E-state index is 0.0426. The van der Waals surface area contributed by atoms with Crippen LogP contribution in [0.2, 0.25) is 0 Å². The number of fused-ring (bicyclic) bond motifs is 1. The van der Waals surface area contributed by atoms with Crippen molar-refractivity contribution in [2.75, 3.05) is 44.3 Å². The SMILES string of the molecule is O=S(=O)(CCCO)N1CC=C(c2ccc3nc(OC4CCN(S(=O)(=O)CC(F)(F)F)CC4)sc3c2)CC1. The summed E-state index contributed by atoms with van der Waals surface area (Å²) in [5.41, 5.74) is 2.70. The zero-order valence-corrected chi connectivity index (χ0v) is 22.3. The lowest BCUT2D eigenvalue weighted by atomic mass is 10.0. The molecule has 3 heterocycles. The number of rotatable bonds is 9. The van der Waals surface area contributed by atoms with E-state index >= 15 is 0 Å². The Labute approximate surface area is 217 Å². The van der Waals surface area contributed by atoms with Crippen LogP contribution >= 0.6 is 11.3 Å². The molecule has 0 bridgehead atoms. The molecule has 0 amide bonds. The lowest BCUT2D eigenvalue weighted by molar-refractivity contribution is -0.107. The summed E-state index contributed by atoms with van der Waals surface area (Å²) in [5.74, 6) is -1.94. The number of hydrogen-bond acceptors (Lipinski definition) is 8. The molecule has 2 aliphatic heterocycles. The summed E-state index contributed by atoms with van der Waals surface area (Å²) in [5, 5.41) is 9.31. The number of benzene rings is 1. The standard InChI is InChI=1S/C22H28F3N3O6S3/c23-22(24,25)15-37(32,33)28-10-6-18(7-11-28)34-21-26-19-3-2-17(14-20(19)35-21)16-4-8-27(9-5-16)36(30,31)13-1-12-29/h2-4,14,18,29H,1,5-13,15H2. The highest BCUT2D eigenvalue weighted by Crippen LogP contribution is 2.34. The first kappa shape index (κ1) is 28.2. The van der Waals surface area contributed by atoms with Crippen molar-refractivity contribution in [3.05, 3.63) is 29.8 Å². The second kappa shape index (κ2) is 11.1. The van der Waals surface area contributed by atoms with E-state index < -0.39 is 32.0 Å². The van der Waals surface area contributed by atoms with Gasteiger partial charge in [0.05, 0.1) is 16.0 Å². The van der Waals surface area contributed by atoms with Gasteiger partial charge >= 0.3 is 6.18 Å². The molecule has 4 rings (SSSR count). The van der Waals surface area contributed by atoms with Gasteiger partial charge < -0.3 is 9.84 Å². The van der Waals surface area contributed by atoms with Crippen molar-refractivity contribution in [3.63, 3.8) is 0 Å². The quantitative estimate of drug-likeness (QED) is 0.483. The molecule has 1 aromatic carbocycles. The Balaban J connectivity index is 1.37. The van der Waals surface area contributed by atoms with Gasteiger partial charge in [-0.1, -0.05) is 23.5 Å². The first-order valence-corrected chi connectivity index (χ1v) is 15.8. The third-order valence-electron chi connectivity index (χ3n) is 6.27. The van der Waals surface area contributed by atoms with Gasteiger partial charge in [0.25, 0.3) is 5.19 Å². The average Bonchev–Trinajstić information content (AvgIpc) is 3.23. The summed E-state index contributed by atoms with van der Waals surface area (Å²) in [4.78, 5) is 4.47. The first-order valence-electron chi connectivity index (χ1n) is 11.8. The lowest BCUT2D eigenvalue weighted by Gasteiger charge is -2.30. The van der Waals surface area contributed by atoms with Crippen LogP contribution in [0.4, 0.5) is 13.2 Å². The Morgan fingerprint density at radius 1 is 1.08 bits per heavy atom. The van der Waals surface area contributed by atoms with Crippen LogP contribution in [0, 0.1) is 0 Å². The van der Waals surface area contributed by atoms with Gasteiger partial charge in [-0.05, 0) is 49.0 Å². The largest absolute Gasteiger partial charge is 0.467 e. The summed E-state index contributed by atoms with van der Waals surface area (Å²) < 4.78 is 95.3. The minimum atomic E-state index is -4.78. The van der Waals surface area contributed by atoms with Gasteiger partial charge in [0.2, 0.25) is 20.0 Å². The van der Waals surface area contributed by atoms with Gasteiger partial charge in [0.1, 0.15) is 6.10 Å². The number of aliphatic hydroxyl groups is 1. The number of hydrogen-bond donors (Lipinski definition) is 1. The third-order valence-corrected chi connectivity index (χ3v) is 10.9. The summed E-state index contributed by atoms with van der Waals surface area (Å²) in [6, 6.07) is 5.73. The van der Waals surface area contributed by atoms with Gasteiger partial charge in [0, 0.05) is 32.8 Å². The Morgan fingerprint density at radius 3 is 2.43 bits per heavy atom. The van der Waals surface area contributed by atoms with Gasteiger partial charge in [-0.15, -0.1) is 0 Å². The number of aromatic nitrogens is 1. The summed E-state index contributed by atoms with van der Waals surface area (Å²) in [6.45, 7) is 0.386. The van der Waals surface area contributed by atoms with Crippen LogP contribution in [0.5, 0.6) is 5.19 Å². The van der Waals surface area contributed by atoms with E-state index in [2.05, 4.69) is 4.98 Å². The minimum Gasteiger partial charge on any atom is -0.467 e. The number of piperidine rings is 1. The molecule has 1 N–H and O–H groups in total. The van der Waals surface area contributed by atoms with Crippen molar-refractivity contribution in [2.45, 2.75) is 38.0 Å². The van der Waals surface area contributed by atoms with E-state index in [1.54, 1.807) is 0 Å². The van der Waals surface area contributed by atoms with Gasteiger partial charge in [0.15, 0.2) is 5.75 Å². The van der Waals surface area contributed by atoms with Crippen LogP contribution in [0.25, 0.3) is 15.8 Å². The Kier molecular flexibility index (Phi) is 8.50. The predicted octanol–water partition coefficient (Wildman–Crippen LogP) is 2.83. The number of alkyl halides is 3. The number of thiazole rings is 1. The molecular weight excluding hydrogens is 555 g/mol. The molecule has 0 saturated carbocycles.